The van der Waals surface area contributed by atoms with Crippen LogP contribution in [0.2, 0.25) is 0 Å². The van der Waals surface area contributed by atoms with E-state index in [0.29, 0.717) is 62.6 Å². The summed E-state index contributed by atoms with van der Waals surface area (Å²) in [7, 11) is -3.64. The van der Waals surface area contributed by atoms with E-state index in [1.54, 1.807) is 34.0 Å². The summed E-state index contributed by atoms with van der Waals surface area (Å²) in [4.78, 5) is 63.1. The first-order valence-electron chi connectivity index (χ1n) is 20.3. The molecule has 6 heterocycles. The number of aromatic nitrogens is 1. The summed E-state index contributed by atoms with van der Waals surface area (Å²) in [5, 5.41) is 3.84. The average Bonchev–Trinajstić information content (AvgIpc) is 3.95. The number of carbonyl (C=O) groups excluding carboxylic acids is 4. The van der Waals surface area contributed by atoms with Gasteiger partial charge in [-0.15, -0.1) is 11.3 Å². The predicted molar refractivity (Wildman–Crippen MR) is 218 cm³/mol. The number of benzene rings is 2. The highest BCUT2D eigenvalue weighted by atomic mass is 32.1. The Kier molecular flexibility index (Phi) is 11.8. The Balaban J connectivity index is 0.954. The van der Waals surface area contributed by atoms with Crippen molar-refractivity contribution in [3.63, 3.8) is 0 Å². The van der Waals surface area contributed by atoms with Gasteiger partial charge in [0.1, 0.15) is 23.9 Å². The first kappa shape index (κ1) is 39.3. The van der Waals surface area contributed by atoms with Gasteiger partial charge in [0, 0.05) is 48.7 Å². The van der Waals surface area contributed by atoms with Crippen LogP contribution in [0.15, 0.2) is 79.1 Å². The van der Waals surface area contributed by atoms with Crippen molar-refractivity contribution in [2.75, 3.05) is 26.2 Å². The zero-order chi connectivity index (χ0) is 39.5. The fourth-order valence-corrected chi connectivity index (χ4v) is 12.3. The van der Waals surface area contributed by atoms with Gasteiger partial charge in [-0.3, -0.25) is 28.7 Å². The molecule has 12 nitrogen and oxygen atoms in total. The van der Waals surface area contributed by atoms with Crippen LogP contribution in [0, 0.1) is 0 Å². The van der Waals surface area contributed by atoms with Gasteiger partial charge in [-0.2, -0.15) is 0 Å². The molecular weight excluding hydrogens is 762 g/mol. The number of fused-ring (bicyclic) bond motifs is 2. The zero-order valence-electron chi connectivity index (χ0n) is 32.3. The van der Waals surface area contributed by atoms with Gasteiger partial charge in [-0.05, 0) is 104 Å². The van der Waals surface area contributed by atoms with Gasteiger partial charge in [0.25, 0.3) is 5.91 Å². The van der Waals surface area contributed by atoms with Crippen molar-refractivity contribution in [3.05, 3.63) is 95.1 Å². The van der Waals surface area contributed by atoms with Crippen LogP contribution >= 0.6 is 18.9 Å². The number of para-hydroxylation sites is 1. The van der Waals surface area contributed by atoms with E-state index in [1.165, 1.54) is 11.3 Å². The van der Waals surface area contributed by atoms with Crippen molar-refractivity contribution in [1.29, 1.82) is 0 Å². The van der Waals surface area contributed by atoms with Gasteiger partial charge >= 0.3 is 13.5 Å². The Morgan fingerprint density at radius 1 is 0.947 bits per heavy atom. The molecule has 4 fully saturated rings. The molecule has 4 aliphatic heterocycles. The second-order valence-corrected chi connectivity index (χ2v) is 19.1. The first-order chi connectivity index (χ1) is 27.7. The van der Waals surface area contributed by atoms with E-state index in [4.69, 9.17) is 9.26 Å². The molecule has 0 radical (unpaired) electrons. The maximum absolute atomic E-state index is 15.0. The predicted octanol–water partition coefficient (Wildman–Crippen LogP) is 7.14. The molecule has 2 aromatic heterocycles. The highest BCUT2D eigenvalue weighted by Gasteiger charge is 2.48. The third kappa shape index (κ3) is 8.38. The molecule has 4 aromatic rings. The minimum absolute atomic E-state index is 0.00381. The summed E-state index contributed by atoms with van der Waals surface area (Å²) in [6.45, 7) is 4.04. The summed E-state index contributed by atoms with van der Waals surface area (Å²) in [5.74, 6) is -0.192. The summed E-state index contributed by atoms with van der Waals surface area (Å²) in [6, 6.07) is 18.6. The standard InChI is InChI=1S/C43H50N5O7PS/c1-2-3-22-54-43(52)37-15-9-21-47(37)56(53,55-34-12-5-4-6-13-34)28-29-16-19-38-31(23-29)24-39(57-38)40(49)45-35-14-7-11-33-17-18-36(48(33)41(35)50)42(51)46-26-32(27-46)30-10-8-20-44-25-30/h4-6,8,10,12-13,16,19-20,23-25,32-33,35-37H,2-3,7,9,11,14-15,17-18,21-22,26-28H2,1H3,(H,45,49)/t33-,35-,36-,37-,56?/m0/s1. The number of unbranched alkanes of at least 4 members (excludes halogenated alkanes) is 1. The van der Waals surface area contributed by atoms with Gasteiger partial charge in [-0.25, -0.2) is 4.67 Å². The molecular formula is C43H50N5O7PS. The average molecular weight is 812 g/mol. The molecule has 2 aromatic carbocycles. The lowest BCUT2D eigenvalue weighted by Crippen LogP contribution is -2.58. The maximum atomic E-state index is 15.0. The fourth-order valence-electron chi connectivity index (χ4n) is 8.79. The van der Waals surface area contributed by atoms with E-state index in [-0.39, 0.29) is 41.8 Å². The molecule has 3 amide bonds. The number of esters is 1. The number of rotatable bonds is 13. The molecule has 4 saturated heterocycles. The lowest BCUT2D eigenvalue weighted by atomic mass is 9.92. The van der Waals surface area contributed by atoms with Gasteiger partial charge in [-0.1, -0.05) is 43.7 Å². The molecule has 1 unspecified atom stereocenters. The molecule has 0 spiro atoms. The van der Waals surface area contributed by atoms with Gasteiger partial charge < -0.3 is 24.4 Å². The number of thiophene rings is 1. The second kappa shape index (κ2) is 17.1. The van der Waals surface area contributed by atoms with E-state index < -0.39 is 25.6 Å². The minimum atomic E-state index is -3.64. The van der Waals surface area contributed by atoms with Crippen LogP contribution in [-0.2, 0) is 29.8 Å². The Bertz CT molecular complexity index is 2140. The van der Waals surface area contributed by atoms with Crippen molar-refractivity contribution in [1.82, 2.24) is 24.8 Å². The monoisotopic (exact) mass is 811 g/mol. The molecule has 14 heteroatoms. The molecule has 57 heavy (non-hydrogen) atoms. The number of nitrogens with zero attached hydrogens (tertiary/aromatic N) is 4. The Morgan fingerprint density at radius 2 is 1.79 bits per heavy atom. The third-order valence-electron chi connectivity index (χ3n) is 11.8. The summed E-state index contributed by atoms with van der Waals surface area (Å²) < 4.78 is 29.4. The smallest absolute Gasteiger partial charge is 0.324 e. The van der Waals surface area contributed by atoms with Crippen molar-refractivity contribution >= 4 is 52.6 Å². The van der Waals surface area contributed by atoms with E-state index >= 15 is 0 Å². The molecule has 1 N–H and O–H groups in total. The van der Waals surface area contributed by atoms with Gasteiger partial charge in [0.2, 0.25) is 11.8 Å². The largest absolute Gasteiger partial charge is 0.465 e. The van der Waals surface area contributed by atoms with Crippen LogP contribution < -0.4 is 9.84 Å². The number of ether oxygens (including phenoxy) is 1. The number of likely N-dealkylation sites (tertiary alicyclic amines) is 1. The Morgan fingerprint density at radius 3 is 2.58 bits per heavy atom. The van der Waals surface area contributed by atoms with Crippen molar-refractivity contribution in [2.24, 2.45) is 0 Å². The molecule has 8 rings (SSSR count). The Hall–Kier alpha value is -4.58. The van der Waals surface area contributed by atoms with Crippen LogP contribution in [-0.4, -0.2) is 93.6 Å². The SMILES string of the molecule is CCCCOC(=O)[C@@H]1CCCN1P(=O)(Cc1ccc2sc(C(=O)N[C@H]3CCC[C@H]4CC[C@@H](C(=O)N5CC(c6cccnc6)C5)N4C3=O)cc2c1)Oc1ccccc1. The number of amides is 3. The van der Waals surface area contributed by atoms with E-state index in [1.807, 2.05) is 66.6 Å². The van der Waals surface area contributed by atoms with Gasteiger partial charge in [0.15, 0.2) is 0 Å². The van der Waals surface area contributed by atoms with Crippen molar-refractivity contribution < 1.29 is 33.0 Å². The quantitative estimate of drug-likeness (QED) is 0.0848. The second-order valence-electron chi connectivity index (χ2n) is 15.7. The number of hydrogen-bond donors (Lipinski definition) is 1. The van der Waals surface area contributed by atoms with Crippen molar-refractivity contribution in [2.45, 2.75) is 101 Å². The highest BCUT2D eigenvalue weighted by Crippen LogP contribution is 2.57. The van der Waals surface area contributed by atoms with Crippen molar-refractivity contribution in [3.8, 4) is 5.75 Å². The van der Waals surface area contributed by atoms with E-state index in [0.717, 1.165) is 53.3 Å². The summed E-state index contributed by atoms with van der Waals surface area (Å²) in [5.41, 5.74) is 1.87. The molecule has 0 saturated carbocycles. The van der Waals surface area contributed by atoms with Crippen LogP contribution in [0.5, 0.6) is 5.75 Å². The minimum Gasteiger partial charge on any atom is -0.465 e. The number of pyridine rings is 1. The topological polar surface area (TPSA) is 138 Å². The zero-order valence-corrected chi connectivity index (χ0v) is 34.0. The van der Waals surface area contributed by atoms with E-state index in [9.17, 15) is 23.7 Å². The molecule has 5 atom stereocenters. The third-order valence-corrected chi connectivity index (χ3v) is 15.5. The van der Waals surface area contributed by atoms with Crippen LogP contribution in [0.1, 0.15) is 91.4 Å². The fraction of sp³-hybridized carbons (Fsp3) is 0.465. The van der Waals surface area contributed by atoms with Crippen LogP contribution in [0.4, 0.5) is 0 Å². The van der Waals surface area contributed by atoms with Crippen LogP contribution in [0.25, 0.3) is 10.1 Å². The molecule has 0 bridgehead atoms. The number of hydrogen-bond acceptors (Lipinski definition) is 9. The lowest BCUT2D eigenvalue weighted by Gasteiger charge is -2.42. The molecule has 0 aliphatic carbocycles. The first-order valence-corrected chi connectivity index (χ1v) is 22.9. The lowest BCUT2D eigenvalue weighted by molar-refractivity contribution is -0.148. The maximum Gasteiger partial charge on any atom is 0.324 e. The normalized spacial score (nSPS) is 23.7. The van der Waals surface area contributed by atoms with Gasteiger partial charge in [0.05, 0.1) is 17.6 Å². The molecule has 4 aliphatic rings. The van der Waals surface area contributed by atoms with Crippen LogP contribution in [0.3, 0.4) is 0 Å². The van der Waals surface area contributed by atoms with E-state index in [2.05, 4.69) is 10.3 Å². The molecule has 300 valence electrons. The summed E-state index contributed by atoms with van der Waals surface area (Å²) >= 11 is 1.33. The Labute approximate surface area is 337 Å². The number of nitrogens with one attached hydrogen (secondary N) is 1. The summed E-state index contributed by atoms with van der Waals surface area (Å²) in [6.07, 6.45) is 10.1. The highest BCUT2D eigenvalue weighted by molar-refractivity contribution is 7.56. The number of carbonyl (C=O) groups is 4.